The number of halogens is 1. The summed E-state index contributed by atoms with van der Waals surface area (Å²) in [5, 5.41) is 8.82. The second-order valence-electron chi connectivity index (χ2n) is 5.98. The van der Waals surface area contributed by atoms with E-state index in [1.54, 1.807) is 12.4 Å². The molecule has 1 aliphatic rings. The zero-order valence-corrected chi connectivity index (χ0v) is 16.3. The molecule has 9 heteroatoms. The van der Waals surface area contributed by atoms with Gasteiger partial charge in [-0.3, -0.25) is 0 Å². The average molecular weight is 437 g/mol. The van der Waals surface area contributed by atoms with Crippen LogP contribution in [0.4, 0.5) is 0 Å². The number of ether oxygens (including phenoxy) is 1. The minimum Gasteiger partial charge on any atom is -0.463 e. The highest BCUT2D eigenvalue weighted by atomic mass is 79.9. The lowest BCUT2D eigenvalue weighted by Gasteiger charge is -2.30. The van der Waals surface area contributed by atoms with E-state index in [1.165, 1.54) is 28.6 Å². The highest BCUT2D eigenvalue weighted by Crippen LogP contribution is 2.24. The van der Waals surface area contributed by atoms with Gasteiger partial charge in [-0.1, -0.05) is 0 Å². The van der Waals surface area contributed by atoms with E-state index in [2.05, 4.69) is 25.9 Å². The van der Waals surface area contributed by atoms with Gasteiger partial charge < -0.3 is 4.74 Å². The quantitative estimate of drug-likeness (QED) is 0.714. The van der Waals surface area contributed by atoms with Crippen LogP contribution in [0.1, 0.15) is 18.4 Å². The molecule has 0 bridgehead atoms. The van der Waals surface area contributed by atoms with Crippen molar-refractivity contribution in [2.75, 3.05) is 19.7 Å². The monoisotopic (exact) mass is 436 g/mol. The van der Waals surface area contributed by atoms with Crippen molar-refractivity contribution in [3.63, 3.8) is 0 Å². The molecule has 0 saturated carbocycles. The van der Waals surface area contributed by atoms with Gasteiger partial charge in [-0.05, 0) is 59.0 Å². The van der Waals surface area contributed by atoms with Gasteiger partial charge in [0, 0.05) is 25.5 Å². The molecular weight excluding hydrogens is 420 g/mol. The fourth-order valence-corrected chi connectivity index (χ4v) is 4.41. The summed E-state index contributed by atoms with van der Waals surface area (Å²) in [6.45, 7) is 1.35. The zero-order valence-electron chi connectivity index (χ0n) is 13.9. The van der Waals surface area contributed by atoms with E-state index in [-0.39, 0.29) is 10.8 Å². The Hall–Kier alpha value is -2.02. The number of benzene rings is 1. The fourth-order valence-electron chi connectivity index (χ4n) is 2.73. The van der Waals surface area contributed by atoms with Crippen LogP contribution in [-0.2, 0) is 10.0 Å². The molecule has 0 N–H and O–H groups in total. The maximum atomic E-state index is 12.7. The van der Waals surface area contributed by atoms with Gasteiger partial charge in [0.2, 0.25) is 10.0 Å². The second kappa shape index (κ2) is 8.12. The van der Waals surface area contributed by atoms with Gasteiger partial charge in [-0.15, -0.1) is 0 Å². The Morgan fingerprint density at radius 3 is 2.38 bits per heavy atom. The van der Waals surface area contributed by atoms with Crippen LogP contribution in [0.15, 0.2) is 46.0 Å². The van der Waals surface area contributed by atoms with E-state index in [0.717, 1.165) is 4.47 Å². The van der Waals surface area contributed by atoms with Crippen LogP contribution in [0.5, 0.6) is 6.01 Å². The summed E-state index contributed by atoms with van der Waals surface area (Å²) in [5.41, 5.74) is 0.440. The average Bonchev–Trinajstić information content (AvgIpc) is 2.68. The van der Waals surface area contributed by atoms with Crippen molar-refractivity contribution in [1.29, 1.82) is 5.26 Å². The largest absolute Gasteiger partial charge is 0.463 e. The van der Waals surface area contributed by atoms with Crippen LogP contribution in [-0.4, -0.2) is 42.4 Å². The lowest BCUT2D eigenvalue weighted by atomic mass is 9.99. The van der Waals surface area contributed by atoms with Crippen LogP contribution in [0.3, 0.4) is 0 Å². The number of rotatable bonds is 5. The molecule has 26 heavy (non-hydrogen) atoms. The predicted molar refractivity (Wildman–Crippen MR) is 97.9 cm³/mol. The zero-order chi connectivity index (χ0) is 18.6. The molecule has 0 atom stereocenters. The molecule has 0 radical (unpaired) electrons. The summed E-state index contributed by atoms with van der Waals surface area (Å²) in [7, 11) is -3.53. The maximum Gasteiger partial charge on any atom is 0.316 e. The lowest BCUT2D eigenvalue weighted by Crippen LogP contribution is -2.39. The van der Waals surface area contributed by atoms with E-state index in [1.807, 2.05) is 6.07 Å². The minimum absolute atomic E-state index is 0.217. The molecule has 1 saturated heterocycles. The maximum absolute atomic E-state index is 12.7. The van der Waals surface area contributed by atoms with Crippen LogP contribution in [0.2, 0.25) is 0 Å². The number of hydrogen-bond donors (Lipinski definition) is 0. The van der Waals surface area contributed by atoms with Gasteiger partial charge in [0.1, 0.15) is 0 Å². The van der Waals surface area contributed by atoms with Crippen molar-refractivity contribution in [3.05, 3.63) is 46.7 Å². The number of nitrogens with zero attached hydrogens (tertiary/aromatic N) is 4. The summed E-state index contributed by atoms with van der Waals surface area (Å²) in [6, 6.07) is 8.31. The van der Waals surface area contributed by atoms with E-state index in [0.29, 0.717) is 44.1 Å². The summed E-state index contributed by atoms with van der Waals surface area (Å²) in [6.07, 6.45) is 4.67. The molecule has 0 spiro atoms. The summed E-state index contributed by atoms with van der Waals surface area (Å²) in [4.78, 5) is 8.34. The van der Waals surface area contributed by atoms with Crippen LogP contribution in [0, 0.1) is 17.2 Å². The first-order valence-electron chi connectivity index (χ1n) is 8.09. The van der Waals surface area contributed by atoms with Crippen LogP contribution < -0.4 is 4.74 Å². The third kappa shape index (κ3) is 4.38. The highest BCUT2D eigenvalue weighted by Gasteiger charge is 2.29. The summed E-state index contributed by atoms with van der Waals surface area (Å²) >= 11 is 3.27. The molecule has 2 heterocycles. The van der Waals surface area contributed by atoms with E-state index < -0.39 is 10.0 Å². The molecule has 1 aromatic heterocycles. The Labute approximate surface area is 160 Å². The number of aromatic nitrogens is 2. The van der Waals surface area contributed by atoms with Gasteiger partial charge in [0.15, 0.2) is 0 Å². The second-order valence-corrected chi connectivity index (χ2v) is 8.83. The smallest absolute Gasteiger partial charge is 0.316 e. The molecule has 2 aromatic rings. The molecule has 7 nitrogen and oxygen atoms in total. The van der Waals surface area contributed by atoms with Gasteiger partial charge in [-0.2, -0.15) is 9.57 Å². The van der Waals surface area contributed by atoms with Gasteiger partial charge >= 0.3 is 6.01 Å². The molecule has 3 rings (SSSR count). The third-order valence-electron chi connectivity index (χ3n) is 4.24. The summed E-state index contributed by atoms with van der Waals surface area (Å²) < 4.78 is 33.2. The first-order valence-corrected chi connectivity index (χ1v) is 10.3. The highest BCUT2D eigenvalue weighted by molar-refractivity contribution is 9.10. The van der Waals surface area contributed by atoms with Crippen LogP contribution in [0.25, 0.3) is 0 Å². The van der Waals surface area contributed by atoms with Gasteiger partial charge in [0.25, 0.3) is 0 Å². The first-order chi connectivity index (χ1) is 12.5. The first kappa shape index (κ1) is 18.8. The molecule has 136 valence electrons. The lowest BCUT2D eigenvalue weighted by molar-refractivity contribution is 0.176. The Bertz CT molecular complexity index is 887. The summed E-state index contributed by atoms with van der Waals surface area (Å²) in [5.74, 6) is 0.259. The normalized spacial score (nSPS) is 16.2. The Balaban J connectivity index is 1.55. The molecule has 0 aliphatic carbocycles. The number of nitriles is 1. The minimum atomic E-state index is -3.53. The van der Waals surface area contributed by atoms with Crippen molar-refractivity contribution >= 4 is 26.0 Å². The molecule has 0 amide bonds. The standard InChI is InChI=1S/C17H17BrN4O3S/c18-15-10-20-17(21-11-15)25-12-14-5-7-22(8-6-14)26(23,24)16-3-1-13(9-19)2-4-16/h1-4,10-11,14H,5-8,12H2. The topological polar surface area (TPSA) is 96.2 Å². The molecule has 0 unspecified atom stereocenters. The van der Waals surface area contributed by atoms with Crippen LogP contribution >= 0.6 is 15.9 Å². The predicted octanol–water partition coefficient (Wildman–Crippen LogP) is 2.59. The van der Waals surface area contributed by atoms with Gasteiger partial charge in [0.05, 0.1) is 27.6 Å². The van der Waals surface area contributed by atoms with Crippen molar-refractivity contribution < 1.29 is 13.2 Å². The van der Waals surface area contributed by atoms with Crippen molar-refractivity contribution in [2.24, 2.45) is 5.92 Å². The van der Waals surface area contributed by atoms with E-state index in [4.69, 9.17) is 10.00 Å². The van der Waals surface area contributed by atoms with Crippen molar-refractivity contribution in [3.8, 4) is 12.1 Å². The number of hydrogen-bond acceptors (Lipinski definition) is 6. The van der Waals surface area contributed by atoms with Crippen molar-refractivity contribution in [2.45, 2.75) is 17.7 Å². The Kier molecular flexibility index (Phi) is 5.86. The number of sulfonamides is 1. The Morgan fingerprint density at radius 1 is 1.19 bits per heavy atom. The molecule has 1 aromatic carbocycles. The van der Waals surface area contributed by atoms with E-state index in [9.17, 15) is 8.42 Å². The Morgan fingerprint density at radius 2 is 1.81 bits per heavy atom. The van der Waals surface area contributed by atoms with Gasteiger partial charge in [-0.25, -0.2) is 18.4 Å². The van der Waals surface area contributed by atoms with Crippen molar-refractivity contribution in [1.82, 2.24) is 14.3 Å². The molecule has 1 aliphatic heterocycles. The fraction of sp³-hybridized carbons (Fsp3) is 0.353. The molecule has 1 fully saturated rings. The molecular formula is C17H17BrN4O3S. The SMILES string of the molecule is N#Cc1ccc(S(=O)(=O)N2CCC(COc3ncc(Br)cn3)CC2)cc1. The number of piperidine rings is 1. The van der Waals surface area contributed by atoms with E-state index >= 15 is 0 Å². The third-order valence-corrected chi connectivity index (χ3v) is 6.56.